The Labute approximate surface area is 177 Å². The molecule has 0 aromatic heterocycles. The lowest BCUT2D eigenvalue weighted by atomic mass is 9.47. The van der Waals surface area contributed by atoms with Crippen LogP contribution in [-0.2, 0) is 9.47 Å². The third-order valence-corrected chi connectivity index (χ3v) is 10.9. The molecule has 2 nitrogen and oxygen atoms in total. The van der Waals surface area contributed by atoms with Crippen molar-refractivity contribution < 1.29 is 9.47 Å². The fourth-order valence-corrected chi connectivity index (χ4v) is 9.09. The lowest BCUT2D eigenvalue weighted by Gasteiger charge is -2.58. The molecule has 1 spiro atoms. The smallest absolute Gasteiger partial charge is 0.169 e. The summed E-state index contributed by atoms with van der Waals surface area (Å²) in [6.07, 6.45) is 16.0. The van der Waals surface area contributed by atoms with Crippen LogP contribution in [0.25, 0.3) is 0 Å². The van der Waals surface area contributed by atoms with E-state index in [1.54, 1.807) is 0 Å². The van der Waals surface area contributed by atoms with E-state index in [0.29, 0.717) is 29.5 Å². The fourth-order valence-electron chi connectivity index (χ4n) is 9.09. The molecule has 6 aliphatic rings. The highest BCUT2D eigenvalue weighted by molar-refractivity contribution is 5.25. The Balaban J connectivity index is 1.26. The van der Waals surface area contributed by atoms with E-state index in [4.69, 9.17) is 9.47 Å². The Morgan fingerprint density at radius 1 is 1.07 bits per heavy atom. The van der Waals surface area contributed by atoms with Crippen LogP contribution in [0.4, 0.5) is 0 Å². The van der Waals surface area contributed by atoms with Gasteiger partial charge in [0.05, 0.1) is 12.7 Å². The molecule has 2 aliphatic heterocycles. The van der Waals surface area contributed by atoms with Crippen LogP contribution in [-0.4, -0.2) is 18.5 Å². The maximum atomic E-state index is 6.77. The van der Waals surface area contributed by atoms with Crippen LogP contribution in [0.1, 0.15) is 85.0 Å². The second-order valence-electron chi connectivity index (χ2n) is 12.3. The largest absolute Gasteiger partial charge is 0.346 e. The summed E-state index contributed by atoms with van der Waals surface area (Å²) in [7, 11) is 0. The molecule has 9 atom stereocenters. The van der Waals surface area contributed by atoms with Crippen molar-refractivity contribution in [3.63, 3.8) is 0 Å². The molecule has 0 aromatic carbocycles. The van der Waals surface area contributed by atoms with Gasteiger partial charge in [-0.2, -0.15) is 0 Å². The number of fused-ring (bicyclic) bond motifs is 7. The van der Waals surface area contributed by atoms with Crippen molar-refractivity contribution in [2.45, 2.75) is 96.9 Å². The van der Waals surface area contributed by atoms with Crippen LogP contribution in [0.3, 0.4) is 0 Å². The van der Waals surface area contributed by atoms with E-state index in [1.165, 1.54) is 50.5 Å². The second-order valence-corrected chi connectivity index (χ2v) is 12.3. The SMILES string of the molecule is C=C1CCC2(CC3C(CC4C5CC=C6CC(C)CC[C@]6(C)C5CC[C@]34C)O2)OC1. The quantitative estimate of drug-likeness (QED) is 0.426. The average molecular weight is 397 g/mol. The zero-order valence-corrected chi connectivity index (χ0v) is 18.8. The Hall–Kier alpha value is -0.600. The van der Waals surface area contributed by atoms with Crippen molar-refractivity contribution >= 4 is 0 Å². The van der Waals surface area contributed by atoms with Crippen LogP contribution in [0.15, 0.2) is 23.8 Å². The summed E-state index contributed by atoms with van der Waals surface area (Å²) in [4.78, 5) is 0. The van der Waals surface area contributed by atoms with Crippen LogP contribution in [0, 0.1) is 40.4 Å². The fraction of sp³-hybridized carbons (Fsp3) is 0.852. The van der Waals surface area contributed by atoms with Gasteiger partial charge < -0.3 is 9.47 Å². The lowest BCUT2D eigenvalue weighted by molar-refractivity contribution is -0.237. The number of ether oxygens (including phenoxy) is 2. The van der Waals surface area contributed by atoms with Gasteiger partial charge in [0.15, 0.2) is 5.79 Å². The maximum absolute atomic E-state index is 6.77. The third-order valence-electron chi connectivity index (χ3n) is 10.9. The first-order valence-electron chi connectivity index (χ1n) is 12.5. The van der Waals surface area contributed by atoms with E-state index in [1.807, 2.05) is 5.57 Å². The molecule has 2 saturated heterocycles. The molecule has 2 heterocycles. The minimum atomic E-state index is -0.285. The van der Waals surface area contributed by atoms with Gasteiger partial charge in [-0.05, 0) is 91.8 Å². The van der Waals surface area contributed by atoms with Crippen LogP contribution < -0.4 is 0 Å². The molecule has 5 fully saturated rings. The first-order valence-corrected chi connectivity index (χ1v) is 12.5. The molecule has 29 heavy (non-hydrogen) atoms. The van der Waals surface area contributed by atoms with Crippen molar-refractivity contribution in [3.8, 4) is 0 Å². The Morgan fingerprint density at radius 2 is 1.93 bits per heavy atom. The van der Waals surface area contributed by atoms with E-state index < -0.39 is 0 Å². The van der Waals surface area contributed by atoms with Gasteiger partial charge in [-0.1, -0.05) is 44.6 Å². The van der Waals surface area contributed by atoms with Crippen molar-refractivity contribution in [2.75, 3.05) is 6.61 Å². The molecule has 0 amide bonds. The molecule has 0 N–H and O–H groups in total. The first kappa shape index (κ1) is 19.1. The number of hydrogen-bond donors (Lipinski definition) is 0. The molecule has 0 aromatic rings. The molecule has 7 unspecified atom stereocenters. The minimum Gasteiger partial charge on any atom is -0.346 e. The number of hydrogen-bond acceptors (Lipinski definition) is 2. The summed E-state index contributed by atoms with van der Waals surface area (Å²) in [5.74, 6) is 3.95. The van der Waals surface area contributed by atoms with Crippen LogP contribution in [0.5, 0.6) is 0 Å². The van der Waals surface area contributed by atoms with Crippen molar-refractivity contribution in [3.05, 3.63) is 23.8 Å². The molecule has 2 heteroatoms. The van der Waals surface area contributed by atoms with Gasteiger partial charge in [-0.25, -0.2) is 0 Å². The Bertz CT molecular complexity index is 742. The predicted octanol–water partition coefficient (Wildman–Crippen LogP) is 6.66. The van der Waals surface area contributed by atoms with Gasteiger partial charge in [0.1, 0.15) is 0 Å². The lowest BCUT2D eigenvalue weighted by Crippen LogP contribution is -2.50. The van der Waals surface area contributed by atoms with Crippen molar-refractivity contribution in [2.24, 2.45) is 40.4 Å². The van der Waals surface area contributed by atoms with Gasteiger partial charge in [-0.3, -0.25) is 0 Å². The number of rotatable bonds is 0. The summed E-state index contributed by atoms with van der Waals surface area (Å²) in [5, 5.41) is 0. The van der Waals surface area contributed by atoms with Crippen molar-refractivity contribution in [1.82, 2.24) is 0 Å². The van der Waals surface area contributed by atoms with E-state index in [0.717, 1.165) is 42.9 Å². The highest BCUT2D eigenvalue weighted by atomic mass is 16.7. The molecule has 160 valence electrons. The summed E-state index contributed by atoms with van der Waals surface area (Å²) >= 11 is 0. The summed E-state index contributed by atoms with van der Waals surface area (Å²) in [6, 6.07) is 0. The van der Waals surface area contributed by atoms with Gasteiger partial charge in [0.2, 0.25) is 0 Å². The third kappa shape index (κ3) is 2.60. The summed E-state index contributed by atoms with van der Waals surface area (Å²) in [6.45, 7) is 12.5. The first-order chi connectivity index (χ1) is 13.8. The second kappa shape index (κ2) is 6.22. The van der Waals surface area contributed by atoms with Crippen LogP contribution in [0.2, 0.25) is 0 Å². The summed E-state index contributed by atoms with van der Waals surface area (Å²) < 4.78 is 13.0. The highest BCUT2D eigenvalue weighted by Gasteiger charge is 2.65. The average Bonchev–Trinajstić information content (AvgIpc) is 3.18. The molecule has 0 bridgehead atoms. The maximum Gasteiger partial charge on any atom is 0.169 e. The zero-order valence-electron chi connectivity index (χ0n) is 18.8. The minimum absolute atomic E-state index is 0.285. The molecule has 4 aliphatic carbocycles. The van der Waals surface area contributed by atoms with E-state index in [-0.39, 0.29) is 5.79 Å². The van der Waals surface area contributed by atoms with Gasteiger partial charge in [0, 0.05) is 12.8 Å². The Morgan fingerprint density at radius 3 is 2.72 bits per heavy atom. The molecule has 0 radical (unpaired) electrons. The van der Waals surface area contributed by atoms with Gasteiger partial charge in [0.25, 0.3) is 0 Å². The topological polar surface area (TPSA) is 18.5 Å². The molecule has 3 saturated carbocycles. The van der Waals surface area contributed by atoms with Gasteiger partial charge in [-0.15, -0.1) is 0 Å². The van der Waals surface area contributed by atoms with E-state index >= 15 is 0 Å². The standard InChI is InChI=1S/C27H40O2/c1-17-7-10-25(3)19(13-17)5-6-20-21(25)9-11-26(4)22(20)14-24-23(26)15-27(29-24)12-8-18(2)16-28-27/h5,17,20-24H,2,6-16H2,1,3-4H3/t17?,20?,21?,22?,23?,24?,25-,26-,27?/m0/s1. The molecular formula is C27H40O2. The van der Waals surface area contributed by atoms with Gasteiger partial charge >= 0.3 is 0 Å². The summed E-state index contributed by atoms with van der Waals surface area (Å²) in [5.41, 5.74) is 4.01. The van der Waals surface area contributed by atoms with Crippen molar-refractivity contribution in [1.29, 1.82) is 0 Å². The van der Waals surface area contributed by atoms with E-state index in [9.17, 15) is 0 Å². The molecular weight excluding hydrogens is 356 g/mol. The Kier molecular flexibility index (Phi) is 4.10. The normalized spacial score (nSPS) is 56.4. The monoisotopic (exact) mass is 396 g/mol. The molecule has 6 rings (SSSR count). The zero-order chi connectivity index (χ0) is 20.0. The van der Waals surface area contributed by atoms with Crippen LogP contribution >= 0.6 is 0 Å². The van der Waals surface area contributed by atoms with E-state index in [2.05, 4.69) is 33.4 Å². The number of allylic oxidation sites excluding steroid dienone is 2. The highest BCUT2D eigenvalue weighted by Crippen LogP contribution is 2.69. The predicted molar refractivity (Wildman–Crippen MR) is 116 cm³/mol.